The molecule has 0 spiro atoms. The summed E-state index contributed by atoms with van der Waals surface area (Å²) in [7, 11) is 0. The average molecular weight is 276 g/mol. The molecular formula is C15H11F3N2. The Bertz CT molecular complexity index is 608. The van der Waals surface area contributed by atoms with Gasteiger partial charge < -0.3 is 5.32 Å². The Morgan fingerprint density at radius 1 is 0.950 bits per heavy atom. The highest BCUT2D eigenvalue weighted by Gasteiger charge is 2.29. The number of nitriles is 1. The topological polar surface area (TPSA) is 35.8 Å². The Hall–Kier alpha value is -2.48. The maximum Gasteiger partial charge on any atom is 0.416 e. The van der Waals surface area contributed by atoms with Crippen molar-refractivity contribution >= 4 is 5.69 Å². The van der Waals surface area contributed by atoms with Crippen LogP contribution in [0.4, 0.5) is 18.9 Å². The van der Waals surface area contributed by atoms with E-state index in [0.717, 1.165) is 17.7 Å². The highest BCUT2D eigenvalue weighted by Crippen LogP contribution is 2.29. The maximum absolute atomic E-state index is 12.4. The number of nitrogens with zero attached hydrogens (tertiary/aromatic N) is 1. The second-order valence-corrected chi connectivity index (χ2v) is 4.24. The lowest BCUT2D eigenvalue weighted by Crippen LogP contribution is -2.05. The SMILES string of the molecule is N#Cc1ccc(CNc2ccc(C(F)(F)F)cc2)cc1. The van der Waals surface area contributed by atoms with E-state index < -0.39 is 11.7 Å². The molecule has 2 aromatic rings. The van der Waals surface area contributed by atoms with Crippen LogP contribution < -0.4 is 5.32 Å². The van der Waals surface area contributed by atoms with Crippen molar-refractivity contribution in [2.75, 3.05) is 5.32 Å². The number of anilines is 1. The molecule has 0 saturated heterocycles. The highest BCUT2D eigenvalue weighted by atomic mass is 19.4. The zero-order valence-corrected chi connectivity index (χ0v) is 10.4. The molecule has 2 aromatic carbocycles. The molecule has 0 radical (unpaired) electrons. The first-order chi connectivity index (χ1) is 9.49. The third kappa shape index (κ3) is 3.51. The van der Waals surface area contributed by atoms with E-state index in [2.05, 4.69) is 5.32 Å². The lowest BCUT2D eigenvalue weighted by molar-refractivity contribution is -0.137. The van der Waals surface area contributed by atoms with Crippen LogP contribution >= 0.6 is 0 Å². The molecule has 0 atom stereocenters. The highest BCUT2D eigenvalue weighted by molar-refractivity contribution is 5.46. The second-order valence-electron chi connectivity index (χ2n) is 4.24. The largest absolute Gasteiger partial charge is 0.416 e. The van der Waals surface area contributed by atoms with Crippen molar-refractivity contribution in [1.82, 2.24) is 0 Å². The van der Waals surface area contributed by atoms with Crippen LogP contribution in [-0.2, 0) is 12.7 Å². The number of halogens is 3. The zero-order valence-electron chi connectivity index (χ0n) is 10.4. The van der Waals surface area contributed by atoms with Crippen molar-refractivity contribution in [3.05, 3.63) is 65.2 Å². The molecule has 1 N–H and O–H groups in total. The van der Waals surface area contributed by atoms with Crippen molar-refractivity contribution < 1.29 is 13.2 Å². The van der Waals surface area contributed by atoms with Gasteiger partial charge in [-0.1, -0.05) is 12.1 Å². The summed E-state index contributed by atoms with van der Waals surface area (Å²) in [6.45, 7) is 0.483. The fourth-order valence-electron chi connectivity index (χ4n) is 1.68. The van der Waals surface area contributed by atoms with Gasteiger partial charge in [0.15, 0.2) is 0 Å². The van der Waals surface area contributed by atoms with Gasteiger partial charge in [0, 0.05) is 12.2 Å². The van der Waals surface area contributed by atoms with Gasteiger partial charge in [-0.25, -0.2) is 0 Å². The summed E-state index contributed by atoms with van der Waals surface area (Å²) in [6.07, 6.45) is -4.31. The smallest absolute Gasteiger partial charge is 0.381 e. The molecule has 0 fully saturated rings. The van der Waals surface area contributed by atoms with Gasteiger partial charge in [-0.15, -0.1) is 0 Å². The Morgan fingerprint density at radius 3 is 2.05 bits per heavy atom. The monoisotopic (exact) mass is 276 g/mol. The first-order valence-corrected chi connectivity index (χ1v) is 5.89. The first kappa shape index (κ1) is 13.9. The minimum absolute atomic E-state index is 0.483. The van der Waals surface area contributed by atoms with E-state index >= 15 is 0 Å². The van der Waals surface area contributed by atoms with E-state index in [4.69, 9.17) is 5.26 Å². The molecule has 2 nitrogen and oxygen atoms in total. The van der Waals surface area contributed by atoms with Crippen LogP contribution in [0, 0.1) is 11.3 Å². The standard InChI is InChI=1S/C15H11F3N2/c16-15(17,18)13-5-7-14(8-6-13)20-10-12-3-1-11(9-19)2-4-12/h1-8,20H,10H2. The van der Waals surface area contributed by atoms with Crippen molar-refractivity contribution in [3.8, 4) is 6.07 Å². The van der Waals surface area contributed by atoms with E-state index in [9.17, 15) is 13.2 Å². The number of nitrogens with one attached hydrogen (secondary N) is 1. The second kappa shape index (κ2) is 5.66. The fourth-order valence-corrected chi connectivity index (χ4v) is 1.68. The molecule has 0 aliphatic heterocycles. The third-order valence-corrected chi connectivity index (χ3v) is 2.79. The molecule has 20 heavy (non-hydrogen) atoms. The van der Waals surface area contributed by atoms with Gasteiger partial charge in [0.05, 0.1) is 17.2 Å². The van der Waals surface area contributed by atoms with Crippen LogP contribution in [0.1, 0.15) is 16.7 Å². The van der Waals surface area contributed by atoms with E-state index in [1.165, 1.54) is 12.1 Å². The van der Waals surface area contributed by atoms with Crippen molar-refractivity contribution in [1.29, 1.82) is 5.26 Å². The first-order valence-electron chi connectivity index (χ1n) is 5.89. The minimum Gasteiger partial charge on any atom is -0.381 e. The summed E-state index contributed by atoms with van der Waals surface area (Å²) < 4.78 is 37.2. The van der Waals surface area contributed by atoms with Crippen LogP contribution in [0.3, 0.4) is 0 Å². The molecule has 0 aromatic heterocycles. The van der Waals surface area contributed by atoms with Crippen molar-refractivity contribution in [2.24, 2.45) is 0 Å². The summed E-state index contributed by atoms with van der Waals surface area (Å²) in [4.78, 5) is 0. The summed E-state index contributed by atoms with van der Waals surface area (Å²) in [5, 5.41) is 11.7. The fraction of sp³-hybridized carbons (Fsp3) is 0.133. The lowest BCUT2D eigenvalue weighted by Gasteiger charge is -2.09. The number of rotatable bonds is 3. The van der Waals surface area contributed by atoms with Gasteiger partial charge in [0.25, 0.3) is 0 Å². The van der Waals surface area contributed by atoms with Crippen LogP contribution in [0.5, 0.6) is 0 Å². The zero-order chi connectivity index (χ0) is 14.6. The normalized spacial score (nSPS) is 10.9. The molecule has 0 heterocycles. The molecule has 0 aliphatic rings. The lowest BCUT2D eigenvalue weighted by atomic mass is 10.1. The molecule has 102 valence electrons. The molecule has 0 bridgehead atoms. The Labute approximate surface area is 114 Å². The number of benzene rings is 2. The maximum atomic E-state index is 12.4. The number of hydrogen-bond acceptors (Lipinski definition) is 2. The van der Waals surface area contributed by atoms with E-state index in [1.54, 1.807) is 24.3 Å². The third-order valence-electron chi connectivity index (χ3n) is 2.79. The summed E-state index contributed by atoms with van der Waals surface area (Å²) in [6, 6.07) is 13.9. The van der Waals surface area contributed by atoms with Crippen LogP contribution in [0.2, 0.25) is 0 Å². The summed E-state index contributed by atoms with van der Waals surface area (Å²) in [5.74, 6) is 0. The Kier molecular flexibility index (Phi) is 3.94. The predicted octanol–water partition coefficient (Wildman–Crippen LogP) is 4.19. The number of hydrogen-bond donors (Lipinski definition) is 1. The predicted molar refractivity (Wildman–Crippen MR) is 69.9 cm³/mol. The molecule has 0 saturated carbocycles. The minimum atomic E-state index is -4.31. The summed E-state index contributed by atoms with van der Waals surface area (Å²) in [5.41, 5.74) is 1.47. The van der Waals surface area contributed by atoms with Gasteiger partial charge in [-0.2, -0.15) is 18.4 Å². The molecule has 0 amide bonds. The van der Waals surface area contributed by atoms with Gasteiger partial charge >= 0.3 is 6.18 Å². The van der Waals surface area contributed by atoms with E-state index in [1.807, 2.05) is 6.07 Å². The van der Waals surface area contributed by atoms with Gasteiger partial charge in [-0.3, -0.25) is 0 Å². The van der Waals surface area contributed by atoms with Gasteiger partial charge in [-0.05, 0) is 42.0 Å². The van der Waals surface area contributed by atoms with E-state index in [0.29, 0.717) is 17.8 Å². The van der Waals surface area contributed by atoms with Crippen LogP contribution in [0.25, 0.3) is 0 Å². The average Bonchev–Trinajstić information content (AvgIpc) is 2.45. The van der Waals surface area contributed by atoms with Crippen LogP contribution in [0.15, 0.2) is 48.5 Å². The van der Waals surface area contributed by atoms with Crippen molar-refractivity contribution in [2.45, 2.75) is 12.7 Å². The van der Waals surface area contributed by atoms with Crippen LogP contribution in [-0.4, -0.2) is 0 Å². The molecule has 2 rings (SSSR count). The van der Waals surface area contributed by atoms with Crippen molar-refractivity contribution in [3.63, 3.8) is 0 Å². The molecule has 5 heteroatoms. The Morgan fingerprint density at radius 2 is 1.55 bits per heavy atom. The number of alkyl halides is 3. The van der Waals surface area contributed by atoms with Gasteiger partial charge in [0.1, 0.15) is 0 Å². The molecule has 0 aliphatic carbocycles. The summed E-state index contributed by atoms with van der Waals surface area (Å²) >= 11 is 0. The van der Waals surface area contributed by atoms with E-state index in [-0.39, 0.29) is 0 Å². The van der Waals surface area contributed by atoms with Gasteiger partial charge in [0.2, 0.25) is 0 Å². The molecular weight excluding hydrogens is 265 g/mol. The quantitative estimate of drug-likeness (QED) is 0.912. The Balaban J connectivity index is 1.98. The molecule has 0 unspecified atom stereocenters.